The monoisotopic (exact) mass is 271 g/mol. The molecule has 19 heavy (non-hydrogen) atoms. The molecule has 6 nitrogen and oxygen atoms in total. The summed E-state index contributed by atoms with van der Waals surface area (Å²) in [4.78, 5) is 33.4. The fraction of sp³-hybridized carbons (Fsp3) is 0.615. The Balaban J connectivity index is 4.06. The van der Waals surface area contributed by atoms with Gasteiger partial charge in [-0.25, -0.2) is 4.79 Å². The standard InChI is InChI=1S/C13H21NO5/c1-5-8-18-12(17)14-10(9-15)6-7-11(16)19-13(2,3)4/h5,9-10H,1,6-8H2,2-4H3,(H,14,17)/t10-/m1/s1. The van der Waals surface area contributed by atoms with E-state index in [0.717, 1.165) is 0 Å². The van der Waals surface area contributed by atoms with E-state index in [4.69, 9.17) is 4.74 Å². The van der Waals surface area contributed by atoms with Gasteiger partial charge in [0.25, 0.3) is 0 Å². The number of hydrogen-bond donors (Lipinski definition) is 1. The highest BCUT2D eigenvalue weighted by molar-refractivity contribution is 5.74. The van der Waals surface area contributed by atoms with E-state index >= 15 is 0 Å². The Morgan fingerprint density at radius 1 is 1.37 bits per heavy atom. The van der Waals surface area contributed by atoms with Crippen molar-refractivity contribution in [3.8, 4) is 0 Å². The first-order chi connectivity index (χ1) is 8.78. The van der Waals surface area contributed by atoms with E-state index in [0.29, 0.717) is 6.29 Å². The Labute approximate surface area is 113 Å². The minimum absolute atomic E-state index is 0.0441. The molecule has 0 spiro atoms. The van der Waals surface area contributed by atoms with Crippen molar-refractivity contribution in [3.05, 3.63) is 12.7 Å². The van der Waals surface area contributed by atoms with Crippen LogP contribution < -0.4 is 5.32 Å². The maximum absolute atomic E-state index is 11.4. The predicted molar refractivity (Wildman–Crippen MR) is 69.6 cm³/mol. The second-order valence-corrected chi connectivity index (χ2v) is 4.90. The molecule has 0 aromatic heterocycles. The molecular weight excluding hydrogens is 250 g/mol. The number of carbonyl (C=O) groups excluding carboxylic acids is 3. The van der Waals surface area contributed by atoms with E-state index in [9.17, 15) is 14.4 Å². The van der Waals surface area contributed by atoms with Crippen LogP contribution in [0.25, 0.3) is 0 Å². The summed E-state index contributed by atoms with van der Waals surface area (Å²) >= 11 is 0. The molecule has 108 valence electrons. The minimum Gasteiger partial charge on any atom is -0.460 e. The highest BCUT2D eigenvalue weighted by atomic mass is 16.6. The third kappa shape index (κ3) is 9.82. The van der Waals surface area contributed by atoms with Crippen molar-refractivity contribution in [1.29, 1.82) is 0 Å². The molecule has 0 bridgehead atoms. The van der Waals surface area contributed by atoms with Gasteiger partial charge in [-0.3, -0.25) is 4.79 Å². The molecule has 0 saturated carbocycles. The lowest BCUT2D eigenvalue weighted by molar-refractivity contribution is -0.155. The van der Waals surface area contributed by atoms with Crippen molar-refractivity contribution >= 4 is 18.3 Å². The van der Waals surface area contributed by atoms with E-state index in [1.54, 1.807) is 20.8 Å². The first-order valence-corrected chi connectivity index (χ1v) is 6.00. The van der Waals surface area contributed by atoms with Crippen molar-refractivity contribution in [2.45, 2.75) is 45.3 Å². The summed E-state index contributed by atoms with van der Waals surface area (Å²) in [5, 5.41) is 2.33. The van der Waals surface area contributed by atoms with Crippen LogP contribution in [0.5, 0.6) is 0 Å². The largest absolute Gasteiger partial charge is 0.460 e. The molecule has 0 aliphatic heterocycles. The van der Waals surface area contributed by atoms with Gasteiger partial charge in [-0.05, 0) is 27.2 Å². The van der Waals surface area contributed by atoms with Crippen LogP contribution in [0.4, 0.5) is 4.79 Å². The molecule has 0 aliphatic carbocycles. The average molecular weight is 271 g/mol. The van der Waals surface area contributed by atoms with E-state index in [2.05, 4.69) is 16.6 Å². The van der Waals surface area contributed by atoms with Crippen LogP contribution in [0.3, 0.4) is 0 Å². The molecule has 0 unspecified atom stereocenters. The maximum atomic E-state index is 11.4. The van der Waals surface area contributed by atoms with Gasteiger partial charge in [0.1, 0.15) is 18.5 Å². The third-order valence-corrected chi connectivity index (χ3v) is 1.88. The Hall–Kier alpha value is -1.85. The summed E-state index contributed by atoms with van der Waals surface area (Å²) in [6, 6.07) is -0.773. The van der Waals surface area contributed by atoms with Crippen LogP contribution in [0.2, 0.25) is 0 Å². The van der Waals surface area contributed by atoms with Gasteiger partial charge >= 0.3 is 12.1 Å². The predicted octanol–water partition coefficient (Wildman–Crippen LogP) is 1.59. The third-order valence-electron chi connectivity index (χ3n) is 1.88. The molecule has 0 aromatic rings. The van der Waals surface area contributed by atoms with Crippen LogP contribution in [-0.4, -0.2) is 36.6 Å². The molecule has 0 aliphatic rings. The number of hydrogen-bond acceptors (Lipinski definition) is 5. The summed E-state index contributed by atoms with van der Waals surface area (Å²) in [5.41, 5.74) is -0.565. The number of ether oxygens (including phenoxy) is 2. The zero-order valence-corrected chi connectivity index (χ0v) is 11.6. The van der Waals surface area contributed by atoms with E-state index in [-0.39, 0.29) is 19.4 Å². The number of amides is 1. The van der Waals surface area contributed by atoms with Gasteiger partial charge in [-0.15, -0.1) is 0 Å². The number of rotatable bonds is 7. The normalized spacial score (nSPS) is 12.2. The van der Waals surface area contributed by atoms with Crippen molar-refractivity contribution in [2.75, 3.05) is 6.61 Å². The van der Waals surface area contributed by atoms with Gasteiger partial charge in [-0.2, -0.15) is 0 Å². The second-order valence-electron chi connectivity index (χ2n) is 4.90. The molecule has 1 amide bonds. The van der Waals surface area contributed by atoms with Gasteiger partial charge < -0.3 is 19.6 Å². The highest BCUT2D eigenvalue weighted by Crippen LogP contribution is 2.09. The lowest BCUT2D eigenvalue weighted by Gasteiger charge is -2.20. The van der Waals surface area contributed by atoms with Gasteiger partial charge in [0.15, 0.2) is 0 Å². The molecule has 0 heterocycles. The molecule has 0 saturated heterocycles. The molecule has 1 N–H and O–H groups in total. The Bertz CT molecular complexity index is 332. The van der Waals surface area contributed by atoms with Crippen molar-refractivity contribution < 1.29 is 23.9 Å². The zero-order chi connectivity index (χ0) is 14.9. The second kappa shape index (κ2) is 8.29. The summed E-state index contributed by atoms with van der Waals surface area (Å²) < 4.78 is 9.76. The van der Waals surface area contributed by atoms with E-state index < -0.39 is 23.7 Å². The number of nitrogens with one attached hydrogen (secondary N) is 1. The molecule has 0 aromatic carbocycles. The lowest BCUT2D eigenvalue weighted by Crippen LogP contribution is -2.37. The summed E-state index contributed by atoms with van der Waals surface area (Å²) in [7, 11) is 0. The summed E-state index contributed by atoms with van der Waals surface area (Å²) in [5.74, 6) is -0.416. The summed E-state index contributed by atoms with van der Waals surface area (Å²) in [6.45, 7) is 8.72. The lowest BCUT2D eigenvalue weighted by atomic mass is 10.1. The van der Waals surface area contributed by atoms with Crippen LogP contribution in [0.15, 0.2) is 12.7 Å². The molecule has 0 rings (SSSR count). The topological polar surface area (TPSA) is 81.7 Å². The first-order valence-electron chi connectivity index (χ1n) is 6.00. The van der Waals surface area contributed by atoms with Crippen molar-refractivity contribution in [3.63, 3.8) is 0 Å². The zero-order valence-electron chi connectivity index (χ0n) is 11.6. The molecule has 6 heteroatoms. The average Bonchev–Trinajstić information content (AvgIpc) is 2.29. The van der Waals surface area contributed by atoms with Gasteiger partial charge in [-0.1, -0.05) is 12.7 Å². The van der Waals surface area contributed by atoms with Crippen molar-refractivity contribution in [2.24, 2.45) is 0 Å². The van der Waals surface area contributed by atoms with Gasteiger partial charge in [0, 0.05) is 6.42 Å². The molecule has 1 atom stereocenters. The number of alkyl carbamates (subject to hydrolysis) is 1. The Morgan fingerprint density at radius 3 is 2.47 bits per heavy atom. The SMILES string of the molecule is C=CCOC(=O)N[C@@H](C=O)CCC(=O)OC(C)(C)C. The number of esters is 1. The molecule has 0 radical (unpaired) electrons. The number of aldehydes is 1. The van der Waals surface area contributed by atoms with Crippen LogP contribution in [0, 0.1) is 0 Å². The minimum atomic E-state index is -0.773. The Kier molecular flexibility index (Phi) is 7.48. The summed E-state index contributed by atoms with van der Waals surface area (Å²) in [6.07, 6.45) is 1.46. The quantitative estimate of drug-likeness (QED) is 0.432. The molecular formula is C13H21NO5. The van der Waals surface area contributed by atoms with Gasteiger partial charge in [0.05, 0.1) is 6.04 Å². The highest BCUT2D eigenvalue weighted by Gasteiger charge is 2.18. The smallest absolute Gasteiger partial charge is 0.408 e. The first kappa shape index (κ1) is 17.2. The van der Waals surface area contributed by atoms with E-state index in [1.165, 1.54) is 6.08 Å². The maximum Gasteiger partial charge on any atom is 0.408 e. The fourth-order valence-electron chi connectivity index (χ4n) is 1.17. The number of carbonyl (C=O) groups is 3. The van der Waals surface area contributed by atoms with Crippen molar-refractivity contribution in [1.82, 2.24) is 5.32 Å². The van der Waals surface area contributed by atoms with Crippen LogP contribution in [-0.2, 0) is 19.1 Å². The van der Waals surface area contributed by atoms with Crippen LogP contribution >= 0.6 is 0 Å². The Morgan fingerprint density at radius 2 is 2.00 bits per heavy atom. The van der Waals surface area contributed by atoms with E-state index in [1.807, 2.05) is 0 Å². The van der Waals surface area contributed by atoms with Gasteiger partial charge in [0.2, 0.25) is 0 Å². The fourth-order valence-corrected chi connectivity index (χ4v) is 1.17. The van der Waals surface area contributed by atoms with Crippen LogP contribution in [0.1, 0.15) is 33.6 Å². The molecule has 0 fully saturated rings.